The molecule has 19 heavy (non-hydrogen) atoms. The zero-order valence-corrected chi connectivity index (χ0v) is 13.9. The summed E-state index contributed by atoms with van der Waals surface area (Å²) in [4.78, 5) is 0. The molecule has 2 rings (SSSR count). The van der Waals surface area contributed by atoms with Crippen molar-refractivity contribution in [3.63, 3.8) is 0 Å². The molecule has 0 bridgehead atoms. The highest BCUT2D eigenvalue weighted by molar-refractivity contribution is 9.10. The minimum absolute atomic E-state index is 0.0439. The first kappa shape index (κ1) is 15.2. The second-order valence-electron chi connectivity index (χ2n) is 3.82. The van der Waals surface area contributed by atoms with Gasteiger partial charge in [-0.1, -0.05) is 27.5 Å². The zero-order valence-electron chi connectivity index (χ0n) is 9.23. The Bertz CT molecular complexity index is 632. The molecule has 0 heterocycles. The fourth-order valence-corrected chi connectivity index (χ4v) is 2.93. The van der Waals surface area contributed by atoms with Crippen LogP contribution in [0.2, 0.25) is 5.02 Å². The van der Waals surface area contributed by atoms with Crippen molar-refractivity contribution < 1.29 is 8.78 Å². The molecule has 0 amide bonds. The highest BCUT2D eigenvalue weighted by Crippen LogP contribution is 2.37. The Labute approximate surface area is 136 Å². The van der Waals surface area contributed by atoms with E-state index in [-0.39, 0.29) is 10.0 Å². The number of halogens is 6. The molecule has 0 aliphatic heterocycles. The van der Waals surface area contributed by atoms with Gasteiger partial charge >= 0.3 is 0 Å². The average Bonchev–Trinajstić information content (AvgIpc) is 2.36. The van der Waals surface area contributed by atoms with Crippen molar-refractivity contribution in [3.05, 3.63) is 67.1 Å². The lowest BCUT2D eigenvalue weighted by atomic mass is 10.0. The van der Waals surface area contributed by atoms with Crippen molar-refractivity contribution in [2.45, 2.75) is 5.38 Å². The van der Waals surface area contributed by atoms with E-state index < -0.39 is 17.0 Å². The first-order chi connectivity index (χ1) is 8.90. The number of benzene rings is 2. The van der Waals surface area contributed by atoms with E-state index in [4.69, 9.17) is 23.2 Å². The average molecular weight is 431 g/mol. The van der Waals surface area contributed by atoms with E-state index in [1.165, 1.54) is 0 Å². The minimum atomic E-state index is -0.868. The van der Waals surface area contributed by atoms with Gasteiger partial charge in [0.1, 0.15) is 11.6 Å². The summed E-state index contributed by atoms with van der Waals surface area (Å²) >= 11 is 18.5. The molecule has 2 aromatic carbocycles. The molecule has 0 fully saturated rings. The molecule has 2 aromatic rings. The second-order valence-corrected chi connectivity index (χ2v) is 6.43. The van der Waals surface area contributed by atoms with Crippen LogP contribution >= 0.6 is 55.1 Å². The summed E-state index contributed by atoms with van der Waals surface area (Å²) in [5.41, 5.74) is 0.556. The Kier molecular flexibility index (Phi) is 4.88. The summed E-state index contributed by atoms with van der Waals surface area (Å²) < 4.78 is 28.2. The van der Waals surface area contributed by atoms with Gasteiger partial charge in [0, 0.05) is 15.1 Å². The van der Waals surface area contributed by atoms with Gasteiger partial charge in [-0.3, -0.25) is 0 Å². The van der Waals surface area contributed by atoms with Crippen LogP contribution in [0.4, 0.5) is 8.78 Å². The van der Waals surface area contributed by atoms with Crippen LogP contribution in [0, 0.1) is 11.6 Å². The van der Waals surface area contributed by atoms with Gasteiger partial charge in [0.25, 0.3) is 0 Å². The maximum Gasteiger partial charge on any atom is 0.137 e. The van der Waals surface area contributed by atoms with Crippen LogP contribution in [0.1, 0.15) is 16.5 Å². The summed E-state index contributed by atoms with van der Waals surface area (Å²) in [6.07, 6.45) is 0. The number of hydrogen-bond donors (Lipinski definition) is 0. The number of alkyl halides is 1. The molecule has 1 unspecified atom stereocenters. The summed E-state index contributed by atoms with van der Waals surface area (Å²) in [6.45, 7) is 0. The molecular formula is C13H6Br2Cl2F2. The summed E-state index contributed by atoms with van der Waals surface area (Å²) in [5, 5.41) is -0.474. The van der Waals surface area contributed by atoms with E-state index in [0.29, 0.717) is 10.6 Å². The normalized spacial score (nSPS) is 12.5. The topological polar surface area (TPSA) is 0 Å². The van der Waals surface area contributed by atoms with E-state index >= 15 is 0 Å². The predicted molar refractivity (Wildman–Crippen MR) is 80.9 cm³/mol. The molecule has 0 aromatic heterocycles. The van der Waals surface area contributed by atoms with Crippen LogP contribution < -0.4 is 0 Å². The molecule has 0 aliphatic carbocycles. The van der Waals surface area contributed by atoms with Crippen molar-refractivity contribution in [2.24, 2.45) is 0 Å². The van der Waals surface area contributed by atoms with Crippen LogP contribution in [0.15, 0.2) is 39.3 Å². The lowest BCUT2D eigenvalue weighted by molar-refractivity contribution is 0.582. The van der Waals surface area contributed by atoms with Crippen molar-refractivity contribution >= 4 is 55.1 Å². The second kappa shape index (κ2) is 6.08. The Morgan fingerprint density at radius 2 is 1.63 bits per heavy atom. The largest absolute Gasteiger partial charge is 0.207 e. The third-order valence-electron chi connectivity index (χ3n) is 2.54. The maximum absolute atomic E-state index is 13.9. The van der Waals surface area contributed by atoms with E-state index in [1.54, 1.807) is 18.2 Å². The third-order valence-corrected chi connectivity index (χ3v) is 4.46. The lowest BCUT2D eigenvalue weighted by Crippen LogP contribution is -2.00. The fraction of sp³-hybridized carbons (Fsp3) is 0.0769. The van der Waals surface area contributed by atoms with Gasteiger partial charge in [-0.2, -0.15) is 0 Å². The number of rotatable bonds is 2. The zero-order chi connectivity index (χ0) is 14.2. The summed E-state index contributed by atoms with van der Waals surface area (Å²) in [5.74, 6) is -1.17. The quantitative estimate of drug-likeness (QED) is 0.378. The van der Waals surface area contributed by atoms with E-state index in [0.717, 1.165) is 16.6 Å². The van der Waals surface area contributed by atoms with Crippen LogP contribution in [0.25, 0.3) is 0 Å². The van der Waals surface area contributed by atoms with Gasteiger partial charge in [0.05, 0.1) is 9.85 Å². The predicted octanol–water partition coefficient (Wildman–Crippen LogP) is 6.47. The third kappa shape index (κ3) is 3.30. The van der Waals surface area contributed by atoms with Gasteiger partial charge in [0.2, 0.25) is 0 Å². The minimum Gasteiger partial charge on any atom is -0.207 e. The molecule has 0 radical (unpaired) electrons. The SMILES string of the molecule is Fc1cc(C(Cl)c2cc(Br)ccc2Cl)c(F)cc1Br. The van der Waals surface area contributed by atoms with Gasteiger partial charge in [0.15, 0.2) is 0 Å². The number of hydrogen-bond acceptors (Lipinski definition) is 0. The molecule has 0 saturated heterocycles. The highest BCUT2D eigenvalue weighted by atomic mass is 79.9. The molecule has 100 valence electrons. The Morgan fingerprint density at radius 1 is 0.947 bits per heavy atom. The fourth-order valence-electron chi connectivity index (χ4n) is 1.61. The Balaban J connectivity index is 2.52. The molecule has 6 heteroatoms. The van der Waals surface area contributed by atoms with Gasteiger partial charge < -0.3 is 0 Å². The molecular weight excluding hydrogens is 425 g/mol. The maximum atomic E-state index is 13.9. The van der Waals surface area contributed by atoms with Crippen molar-refractivity contribution in [2.75, 3.05) is 0 Å². The summed E-state index contributed by atoms with van der Waals surface area (Å²) in [6, 6.07) is 7.18. The van der Waals surface area contributed by atoms with Gasteiger partial charge in [-0.25, -0.2) is 8.78 Å². The first-order valence-corrected chi connectivity index (χ1v) is 7.53. The van der Waals surface area contributed by atoms with E-state index in [2.05, 4.69) is 31.9 Å². The van der Waals surface area contributed by atoms with Crippen molar-refractivity contribution in [1.82, 2.24) is 0 Å². The Morgan fingerprint density at radius 3 is 2.32 bits per heavy atom. The molecule has 0 nitrogen and oxygen atoms in total. The van der Waals surface area contributed by atoms with E-state index in [9.17, 15) is 8.78 Å². The van der Waals surface area contributed by atoms with Crippen molar-refractivity contribution in [3.8, 4) is 0 Å². The van der Waals surface area contributed by atoms with Gasteiger partial charge in [-0.05, 0) is 51.8 Å². The lowest BCUT2D eigenvalue weighted by Gasteiger charge is -2.14. The first-order valence-electron chi connectivity index (χ1n) is 5.13. The van der Waals surface area contributed by atoms with Gasteiger partial charge in [-0.15, -0.1) is 11.6 Å². The van der Waals surface area contributed by atoms with Crippen LogP contribution in [-0.4, -0.2) is 0 Å². The van der Waals surface area contributed by atoms with Crippen LogP contribution in [-0.2, 0) is 0 Å². The van der Waals surface area contributed by atoms with Crippen LogP contribution in [0.5, 0.6) is 0 Å². The molecule has 0 aliphatic rings. The molecule has 0 saturated carbocycles. The van der Waals surface area contributed by atoms with Crippen LogP contribution in [0.3, 0.4) is 0 Å². The summed E-state index contributed by atoms with van der Waals surface area (Å²) in [7, 11) is 0. The monoisotopic (exact) mass is 428 g/mol. The standard InChI is InChI=1S/C13H6Br2Cl2F2/c14-6-1-2-10(16)7(3-6)13(17)8-4-12(19)9(15)5-11(8)18/h1-5,13H. The van der Waals surface area contributed by atoms with E-state index in [1.807, 2.05) is 0 Å². The highest BCUT2D eigenvalue weighted by Gasteiger charge is 2.20. The molecule has 1 atom stereocenters. The molecule has 0 spiro atoms. The molecule has 0 N–H and O–H groups in total. The smallest absolute Gasteiger partial charge is 0.137 e. The Hall–Kier alpha value is -0.160. The van der Waals surface area contributed by atoms with Crippen molar-refractivity contribution in [1.29, 1.82) is 0 Å².